The van der Waals surface area contributed by atoms with Gasteiger partial charge in [-0.3, -0.25) is 0 Å². The van der Waals surface area contributed by atoms with Crippen molar-refractivity contribution >= 4 is 5.97 Å². The number of hydrogen-bond acceptors (Lipinski definition) is 4. The van der Waals surface area contributed by atoms with Crippen LogP contribution in [0, 0.1) is 0 Å². The first-order valence-corrected chi connectivity index (χ1v) is 4.55. The lowest BCUT2D eigenvalue weighted by Crippen LogP contribution is -2.41. The number of nitrogens with zero attached hydrogens (tertiary/aromatic N) is 1. The normalized spacial score (nSPS) is 12.3. The molecule has 0 aromatic carbocycles. The number of pyridine rings is 1. The summed E-state index contributed by atoms with van der Waals surface area (Å²) >= 11 is 0. The Balaban J connectivity index is 2.91. The largest absolute Gasteiger partial charge is 0.503 e. The lowest BCUT2D eigenvalue weighted by molar-refractivity contribution is -0.290. The summed E-state index contributed by atoms with van der Waals surface area (Å²) in [4.78, 5) is 13.7. The zero-order valence-corrected chi connectivity index (χ0v) is 8.91. The van der Waals surface area contributed by atoms with Crippen LogP contribution < -0.4 is 4.74 Å². The number of ether oxygens (including phenoxy) is 1. The van der Waals surface area contributed by atoms with Crippen LogP contribution in [0.2, 0.25) is 0 Å². The van der Waals surface area contributed by atoms with Crippen LogP contribution in [0.5, 0.6) is 11.5 Å². The molecule has 0 saturated carbocycles. The number of carboxylic acid groups (broad SMARTS) is 1. The Kier molecular flexibility index (Phi) is 3.82. The third kappa shape index (κ3) is 3.20. The molecule has 0 spiro atoms. The molecule has 0 saturated heterocycles. The highest BCUT2D eigenvalue weighted by atomic mass is 19.4. The highest BCUT2D eigenvalue weighted by molar-refractivity contribution is 5.89. The molecule has 1 rings (SSSR count). The van der Waals surface area contributed by atoms with E-state index in [1.807, 2.05) is 0 Å². The van der Waals surface area contributed by atoms with Gasteiger partial charge in [0.2, 0.25) is 0 Å². The van der Waals surface area contributed by atoms with Gasteiger partial charge in [0.15, 0.2) is 23.8 Å². The van der Waals surface area contributed by atoms with Gasteiger partial charge in [0.05, 0.1) is 0 Å². The summed E-state index contributed by atoms with van der Waals surface area (Å²) in [5, 5.41) is 17.8. The van der Waals surface area contributed by atoms with Crippen molar-refractivity contribution in [2.24, 2.45) is 0 Å². The van der Waals surface area contributed by atoms with E-state index < -0.39 is 41.9 Å². The van der Waals surface area contributed by atoms with Crippen LogP contribution in [0.15, 0.2) is 12.3 Å². The number of hydrogen-bond donors (Lipinski definition) is 2. The Morgan fingerprint density at radius 2 is 1.89 bits per heavy atom. The lowest BCUT2D eigenvalue weighted by Gasteiger charge is -2.20. The first kappa shape index (κ1) is 14.9. The molecule has 0 amide bonds. The monoisotopic (exact) mass is 287 g/mol. The van der Waals surface area contributed by atoms with Gasteiger partial charge in [-0.2, -0.15) is 22.0 Å². The lowest BCUT2D eigenvalue weighted by atomic mass is 10.3. The molecule has 1 aromatic heterocycles. The van der Waals surface area contributed by atoms with Crippen LogP contribution in [0.3, 0.4) is 0 Å². The molecular formula is C9H6F5NO4. The predicted molar refractivity (Wildman–Crippen MR) is 49.4 cm³/mol. The average molecular weight is 287 g/mol. The zero-order valence-electron chi connectivity index (χ0n) is 8.91. The van der Waals surface area contributed by atoms with Crippen LogP contribution in [0.1, 0.15) is 10.5 Å². The van der Waals surface area contributed by atoms with Crippen LogP contribution >= 0.6 is 0 Å². The van der Waals surface area contributed by atoms with E-state index in [4.69, 9.17) is 5.11 Å². The van der Waals surface area contributed by atoms with Gasteiger partial charge >= 0.3 is 18.1 Å². The Morgan fingerprint density at radius 1 is 1.32 bits per heavy atom. The van der Waals surface area contributed by atoms with E-state index in [1.165, 1.54) is 0 Å². The molecule has 106 valence electrons. The number of aromatic hydroxyl groups is 1. The van der Waals surface area contributed by atoms with E-state index in [9.17, 15) is 31.9 Å². The predicted octanol–water partition coefficient (Wildman–Crippen LogP) is 2.06. The molecular weight excluding hydrogens is 281 g/mol. The molecule has 0 atom stereocenters. The van der Waals surface area contributed by atoms with Gasteiger partial charge in [0, 0.05) is 12.3 Å². The van der Waals surface area contributed by atoms with Crippen molar-refractivity contribution in [2.75, 3.05) is 6.61 Å². The van der Waals surface area contributed by atoms with Crippen LogP contribution in [-0.4, -0.2) is 39.9 Å². The minimum Gasteiger partial charge on any atom is -0.503 e. The fourth-order valence-corrected chi connectivity index (χ4v) is 0.959. The summed E-state index contributed by atoms with van der Waals surface area (Å²) in [6, 6.07) is 0.758. The van der Waals surface area contributed by atoms with E-state index in [-0.39, 0.29) is 0 Å². The molecule has 0 radical (unpaired) electrons. The fraction of sp³-hybridized carbons (Fsp3) is 0.333. The maximum absolute atomic E-state index is 12.5. The van der Waals surface area contributed by atoms with Gasteiger partial charge in [-0.15, -0.1) is 0 Å². The number of aromatic nitrogens is 1. The maximum atomic E-state index is 12.5. The molecule has 0 aliphatic heterocycles. The summed E-state index contributed by atoms with van der Waals surface area (Å²) in [5.74, 6) is -8.79. The maximum Gasteiger partial charge on any atom is 0.456 e. The number of aromatic carboxylic acids is 1. The number of carboxylic acids is 1. The first-order valence-electron chi connectivity index (χ1n) is 4.55. The van der Waals surface area contributed by atoms with Crippen LogP contribution in [0.25, 0.3) is 0 Å². The number of alkyl halides is 5. The van der Waals surface area contributed by atoms with Crippen molar-refractivity contribution in [1.82, 2.24) is 4.98 Å². The third-order valence-electron chi connectivity index (χ3n) is 1.91. The molecule has 1 aromatic rings. The molecule has 2 N–H and O–H groups in total. The second-order valence-electron chi connectivity index (χ2n) is 3.30. The summed E-state index contributed by atoms with van der Waals surface area (Å²) < 4.78 is 64.7. The summed E-state index contributed by atoms with van der Waals surface area (Å²) in [7, 11) is 0. The van der Waals surface area contributed by atoms with Crippen molar-refractivity contribution in [3.63, 3.8) is 0 Å². The second kappa shape index (κ2) is 4.86. The van der Waals surface area contributed by atoms with Crippen LogP contribution in [0.4, 0.5) is 22.0 Å². The number of carbonyl (C=O) groups is 1. The van der Waals surface area contributed by atoms with Gasteiger partial charge in [-0.05, 0) is 0 Å². The Labute approximate surface area is 102 Å². The van der Waals surface area contributed by atoms with Crippen molar-refractivity contribution in [3.05, 3.63) is 18.0 Å². The van der Waals surface area contributed by atoms with Crippen molar-refractivity contribution < 1.29 is 41.7 Å². The Bertz CT molecular complexity index is 488. The van der Waals surface area contributed by atoms with Gasteiger partial charge in [0.1, 0.15) is 0 Å². The zero-order chi connectivity index (χ0) is 14.8. The molecule has 1 heterocycles. The summed E-state index contributed by atoms with van der Waals surface area (Å²) in [5.41, 5.74) is -0.923. The molecule has 19 heavy (non-hydrogen) atoms. The van der Waals surface area contributed by atoms with Crippen molar-refractivity contribution in [3.8, 4) is 11.5 Å². The highest BCUT2D eigenvalue weighted by Crippen LogP contribution is 2.37. The van der Waals surface area contributed by atoms with Crippen LogP contribution in [-0.2, 0) is 0 Å². The molecule has 0 aliphatic rings. The summed E-state index contributed by atoms with van der Waals surface area (Å²) in [6.45, 7) is -2.09. The number of rotatable bonds is 4. The molecule has 0 bridgehead atoms. The fourth-order valence-electron chi connectivity index (χ4n) is 0.959. The van der Waals surface area contributed by atoms with Gasteiger partial charge in [-0.1, -0.05) is 0 Å². The first-order chi connectivity index (χ1) is 8.56. The summed E-state index contributed by atoms with van der Waals surface area (Å²) in [6.07, 6.45) is -5.03. The average Bonchev–Trinajstić information content (AvgIpc) is 2.25. The quantitative estimate of drug-likeness (QED) is 0.829. The second-order valence-corrected chi connectivity index (χ2v) is 3.30. The highest BCUT2D eigenvalue weighted by Gasteiger charge is 2.58. The molecule has 10 heteroatoms. The van der Waals surface area contributed by atoms with Gasteiger partial charge in [-0.25, -0.2) is 9.78 Å². The van der Waals surface area contributed by atoms with Gasteiger partial charge in [0.25, 0.3) is 0 Å². The van der Waals surface area contributed by atoms with Crippen molar-refractivity contribution in [1.29, 1.82) is 0 Å². The SMILES string of the molecule is O=C(O)c1nccc(OCC(F)(F)C(F)(F)F)c1O. The van der Waals surface area contributed by atoms with E-state index in [1.54, 1.807) is 0 Å². The minimum atomic E-state index is -5.81. The Morgan fingerprint density at radius 3 is 2.37 bits per heavy atom. The Hall–Kier alpha value is -2.13. The smallest absolute Gasteiger partial charge is 0.456 e. The van der Waals surface area contributed by atoms with Crippen molar-refractivity contribution in [2.45, 2.75) is 12.1 Å². The standard InChI is InChI=1S/C9H6F5NO4/c10-8(11,9(12,13)14)3-19-4-1-2-15-5(6(4)16)7(17)18/h1-2,16H,3H2,(H,17,18). The molecule has 0 aliphatic carbocycles. The third-order valence-corrected chi connectivity index (χ3v) is 1.91. The minimum absolute atomic E-state index is 0.758. The van der Waals surface area contributed by atoms with E-state index in [2.05, 4.69) is 9.72 Å². The van der Waals surface area contributed by atoms with E-state index in [0.29, 0.717) is 0 Å². The molecule has 0 fully saturated rings. The van der Waals surface area contributed by atoms with E-state index >= 15 is 0 Å². The van der Waals surface area contributed by atoms with E-state index in [0.717, 1.165) is 12.3 Å². The number of halogens is 5. The topological polar surface area (TPSA) is 79.7 Å². The van der Waals surface area contributed by atoms with Gasteiger partial charge < -0.3 is 14.9 Å². The molecule has 0 unspecified atom stereocenters. The molecule has 5 nitrogen and oxygen atoms in total.